The number of halogens is 2. The van der Waals surface area contributed by atoms with E-state index >= 15 is 0 Å². The monoisotopic (exact) mass is 360 g/mol. The Morgan fingerprint density at radius 3 is 2.62 bits per heavy atom. The topological polar surface area (TPSA) is 32.8 Å². The zero-order valence-electron chi connectivity index (χ0n) is 14.9. The van der Waals surface area contributed by atoms with Crippen LogP contribution < -0.4 is 9.64 Å². The van der Waals surface area contributed by atoms with E-state index in [2.05, 4.69) is 22.6 Å². The molecule has 26 heavy (non-hydrogen) atoms. The van der Waals surface area contributed by atoms with Gasteiger partial charge in [0.05, 0.1) is 6.54 Å². The second-order valence-corrected chi connectivity index (χ2v) is 6.58. The summed E-state index contributed by atoms with van der Waals surface area (Å²) < 4.78 is 28.7. The van der Waals surface area contributed by atoms with Crippen LogP contribution in [0.1, 0.15) is 18.1 Å². The molecule has 0 N–H and O–H groups in total. The Bertz CT molecular complexity index is 765. The number of likely N-dealkylation sites (N-methyl/N-ethyl adjacent to an activating group) is 1. The first-order chi connectivity index (χ1) is 12.4. The minimum Gasteiger partial charge on any atom is -0.435 e. The predicted octanol–water partition coefficient (Wildman–Crippen LogP) is 3.70. The second-order valence-electron chi connectivity index (χ2n) is 6.58. The lowest BCUT2D eigenvalue weighted by Crippen LogP contribution is -2.40. The molecule has 0 bridgehead atoms. The number of hydrogen-bond donors (Lipinski definition) is 0. The van der Waals surface area contributed by atoms with Gasteiger partial charge in [-0.25, -0.2) is 0 Å². The molecule has 4 nitrogen and oxygen atoms in total. The second kappa shape index (κ2) is 7.72. The van der Waals surface area contributed by atoms with Gasteiger partial charge in [-0.3, -0.25) is 4.79 Å². The van der Waals surface area contributed by atoms with E-state index < -0.39 is 6.61 Å². The lowest BCUT2D eigenvalue weighted by molar-refractivity contribution is -0.129. The Morgan fingerprint density at radius 2 is 1.92 bits per heavy atom. The highest BCUT2D eigenvalue weighted by Gasteiger charge is 2.27. The highest BCUT2D eigenvalue weighted by atomic mass is 19.3. The molecule has 2 aromatic carbocycles. The number of amides is 1. The first-order valence-electron chi connectivity index (χ1n) is 8.56. The van der Waals surface area contributed by atoms with Crippen molar-refractivity contribution in [2.75, 3.05) is 18.5 Å². The molecule has 0 radical (unpaired) electrons. The van der Waals surface area contributed by atoms with Gasteiger partial charge in [0.25, 0.3) is 0 Å². The fourth-order valence-electron chi connectivity index (χ4n) is 3.28. The highest BCUT2D eigenvalue weighted by Crippen LogP contribution is 2.31. The summed E-state index contributed by atoms with van der Waals surface area (Å²) >= 11 is 0. The van der Waals surface area contributed by atoms with Crippen LogP contribution in [0.25, 0.3) is 0 Å². The molecule has 0 aliphatic carbocycles. The van der Waals surface area contributed by atoms with Crippen LogP contribution >= 0.6 is 0 Å². The van der Waals surface area contributed by atoms with Crippen LogP contribution in [0, 0.1) is 0 Å². The number of para-hydroxylation sites is 1. The average molecular weight is 360 g/mol. The lowest BCUT2D eigenvalue weighted by Gasteiger charge is -2.27. The van der Waals surface area contributed by atoms with Crippen molar-refractivity contribution in [1.29, 1.82) is 0 Å². The normalized spacial score (nSPS) is 15.9. The van der Waals surface area contributed by atoms with Gasteiger partial charge in [-0.2, -0.15) is 8.78 Å². The van der Waals surface area contributed by atoms with E-state index in [0.717, 1.165) is 17.7 Å². The van der Waals surface area contributed by atoms with Gasteiger partial charge in [-0.15, -0.1) is 0 Å². The van der Waals surface area contributed by atoms with Crippen molar-refractivity contribution < 1.29 is 18.3 Å². The predicted molar refractivity (Wildman–Crippen MR) is 96.5 cm³/mol. The van der Waals surface area contributed by atoms with Crippen LogP contribution in [-0.2, 0) is 17.8 Å². The number of carbonyl (C=O) groups is 1. The quantitative estimate of drug-likeness (QED) is 0.788. The maximum absolute atomic E-state index is 12.6. The fraction of sp³-hybridized carbons (Fsp3) is 0.350. The summed E-state index contributed by atoms with van der Waals surface area (Å²) in [6.45, 7) is 0.0175. The van der Waals surface area contributed by atoms with Gasteiger partial charge < -0.3 is 14.5 Å². The summed E-state index contributed by atoms with van der Waals surface area (Å²) in [4.78, 5) is 16.4. The first-order valence-corrected chi connectivity index (χ1v) is 8.56. The van der Waals surface area contributed by atoms with Crippen molar-refractivity contribution in [3.63, 3.8) is 0 Å². The number of nitrogens with zero attached hydrogens (tertiary/aromatic N) is 2. The van der Waals surface area contributed by atoms with E-state index in [4.69, 9.17) is 0 Å². The third kappa shape index (κ3) is 4.12. The number of fused-ring (bicyclic) bond motifs is 1. The molecule has 138 valence electrons. The smallest absolute Gasteiger partial charge is 0.387 e. The molecule has 1 aliphatic rings. The molecule has 6 heteroatoms. The van der Waals surface area contributed by atoms with Gasteiger partial charge in [0.1, 0.15) is 5.75 Å². The standard InChI is InChI=1S/C20H22F2N2O2/c1-14-11-16-5-3-4-6-18(16)24(14)13-19(25)23(2)12-15-7-9-17(10-8-15)26-20(21)22/h3-10,14,20H,11-13H2,1-2H3. The van der Waals surface area contributed by atoms with Crippen molar-refractivity contribution in [1.82, 2.24) is 4.90 Å². The Labute approximate surface area is 152 Å². The molecular formula is C20H22F2N2O2. The van der Waals surface area contributed by atoms with Gasteiger partial charge in [-0.05, 0) is 42.7 Å². The Balaban J connectivity index is 1.60. The summed E-state index contributed by atoms with van der Waals surface area (Å²) in [5, 5.41) is 0. The average Bonchev–Trinajstić information content (AvgIpc) is 2.92. The largest absolute Gasteiger partial charge is 0.435 e. The van der Waals surface area contributed by atoms with Crippen molar-refractivity contribution in [3.05, 3.63) is 59.7 Å². The van der Waals surface area contributed by atoms with Gasteiger partial charge >= 0.3 is 6.61 Å². The highest BCUT2D eigenvalue weighted by molar-refractivity contribution is 5.82. The molecule has 1 amide bonds. The van der Waals surface area contributed by atoms with Gasteiger partial charge in [-0.1, -0.05) is 30.3 Å². The summed E-state index contributed by atoms with van der Waals surface area (Å²) in [5.41, 5.74) is 3.25. The van der Waals surface area contributed by atoms with E-state index in [1.807, 2.05) is 18.2 Å². The Hall–Kier alpha value is -2.63. The summed E-state index contributed by atoms with van der Waals surface area (Å²) in [6.07, 6.45) is 0.943. The maximum atomic E-state index is 12.6. The van der Waals surface area contributed by atoms with Crippen LogP contribution in [0.2, 0.25) is 0 Å². The van der Waals surface area contributed by atoms with Crippen molar-refractivity contribution in [3.8, 4) is 5.75 Å². The molecule has 1 aliphatic heterocycles. The van der Waals surface area contributed by atoms with Crippen LogP contribution in [0.15, 0.2) is 48.5 Å². The number of benzene rings is 2. The molecule has 2 aromatic rings. The number of anilines is 1. The molecule has 0 saturated heterocycles. The van der Waals surface area contributed by atoms with Gasteiger partial charge in [0, 0.05) is 25.3 Å². The molecule has 0 spiro atoms. The molecule has 0 fully saturated rings. The summed E-state index contributed by atoms with van der Waals surface area (Å²) in [7, 11) is 1.75. The zero-order chi connectivity index (χ0) is 18.7. The van der Waals surface area contributed by atoms with Crippen LogP contribution in [-0.4, -0.2) is 37.1 Å². The molecular weight excluding hydrogens is 338 g/mol. The van der Waals surface area contributed by atoms with Gasteiger partial charge in [0.15, 0.2) is 0 Å². The third-order valence-corrected chi connectivity index (χ3v) is 4.65. The lowest BCUT2D eigenvalue weighted by atomic mass is 10.1. The molecule has 1 atom stereocenters. The minimum absolute atomic E-state index is 0.0152. The van der Waals surface area contributed by atoms with Crippen LogP contribution in [0.3, 0.4) is 0 Å². The number of alkyl halides is 2. The number of carbonyl (C=O) groups excluding carboxylic acids is 1. The molecule has 1 unspecified atom stereocenters. The minimum atomic E-state index is -2.84. The van der Waals surface area contributed by atoms with Crippen LogP contribution in [0.4, 0.5) is 14.5 Å². The summed E-state index contributed by atoms with van der Waals surface area (Å²) in [5.74, 6) is 0.127. The molecule has 1 heterocycles. The Kier molecular flexibility index (Phi) is 5.40. The molecule has 0 aromatic heterocycles. The van der Waals surface area contributed by atoms with E-state index in [1.165, 1.54) is 17.7 Å². The molecule has 3 rings (SSSR count). The number of ether oxygens (including phenoxy) is 1. The van der Waals surface area contributed by atoms with Crippen molar-refractivity contribution in [2.45, 2.75) is 32.5 Å². The van der Waals surface area contributed by atoms with Gasteiger partial charge in [0.2, 0.25) is 5.91 Å². The van der Waals surface area contributed by atoms with E-state index in [-0.39, 0.29) is 17.7 Å². The van der Waals surface area contributed by atoms with E-state index in [9.17, 15) is 13.6 Å². The van der Waals surface area contributed by atoms with E-state index in [0.29, 0.717) is 13.1 Å². The molecule has 0 saturated carbocycles. The maximum Gasteiger partial charge on any atom is 0.387 e. The third-order valence-electron chi connectivity index (χ3n) is 4.65. The van der Waals surface area contributed by atoms with E-state index in [1.54, 1.807) is 24.1 Å². The SMILES string of the molecule is CC1Cc2ccccc2N1CC(=O)N(C)Cc1ccc(OC(F)F)cc1. The van der Waals surface area contributed by atoms with Crippen molar-refractivity contribution >= 4 is 11.6 Å². The Morgan fingerprint density at radius 1 is 1.23 bits per heavy atom. The first kappa shape index (κ1) is 18.2. The number of hydrogen-bond acceptors (Lipinski definition) is 3. The van der Waals surface area contributed by atoms with Crippen LogP contribution in [0.5, 0.6) is 5.75 Å². The number of rotatable bonds is 6. The summed E-state index contributed by atoms with van der Waals surface area (Å²) in [6, 6.07) is 14.8. The van der Waals surface area contributed by atoms with Crippen molar-refractivity contribution in [2.24, 2.45) is 0 Å². The zero-order valence-corrected chi connectivity index (χ0v) is 14.9. The fourth-order valence-corrected chi connectivity index (χ4v) is 3.28.